The minimum Gasteiger partial charge on any atom is -0.441 e. The number of ether oxygens (including phenoxy) is 1. The minimum atomic E-state index is -0.168. The summed E-state index contributed by atoms with van der Waals surface area (Å²) in [6.07, 6.45) is 2.80. The van der Waals surface area contributed by atoms with Gasteiger partial charge in [-0.1, -0.05) is 43.7 Å². The lowest BCUT2D eigenvalue weighted by Crippen LogP contribution is -2.39. The molecular formula is C14H19NO2. The Bertz CT molecular complexity index is 364. The van der Waals surface area contributed by atoms with E-state index in [0.29, 0.717) is 0 Å². The number of benzene rings is 1. The van der Waals surface area contributed by atoms with Crippen molar-refractivity contribution in [1.29, 1.82) is 0 Å². The monoisotopic (exact) mass is 233 g/mol. The molecule has 92 valence electrons. The Morgan fingerprint density at radius 2 is 2.12 bits per heavy atom. The minimum absolute atomic E-state index is 0.0680. The van der Waals surface area contributed by atoms with Gasteiger partial charge in [0.25, 0.3) is 0 Å². The molecule has 1 aliphatic rings. The van der Waals surface area contributed by atoms with E-state index in [1.807, 2.05) is 35.2 Å². The van der Waals surface area contributed by atoms with Crippen molar-refractivity contribution in [1.82, 2.24) is 4.90 Å². The van der Waals surface area contributed by atoms with Gasteiger partial charge in [0, 0.05) is 19.5 Å². The molecule has 0 radical (unpaired) electrons. The van der Waals surface area contributed by atoms with Gasteiger partial charge in [-0.05, 0) is 12.0 Å². The van der Waals surface area contributed by atoms with Crippen LogP contribution >= 0.6 is 0 Å². The second-order valence-corrected chi connectivity index (χ2v) is 4.41. The van der Waals surface area contributed by atoms with Gasteiger partial charge in [0.05, 0.1) is 0 Å². The molecule has 1 heterocycles. The van der Waals surface area contributed by atoms with E-state index in [9.17, 15) is 4.79 Å². The van der Waals surface area contributed by atoms with Crippen LogP contribution in [0.15, 0.2) is 30.3 Å². The standard InChI is InChI=1S/C14H19NO2/c1-2-3-10-15-11-9-13(17-14(15)16)12-7-5-4-6-8-12/h4-8,13H,2-3,9-11H2,1H3. The number of amides is 1. The van der Waals surface area contributed by atoms with E-state index < -0.39 is 0 Å². The highest BCUT2D eigenvalue weighted by Gasteiger charge is 2.27. The molecule has 2 rings (SSSR count). The van der Waals surface area contributed by atoms with Crippen molar-refractivity contribution in [3.8, 4) is 0 Å². The average Bonchev–Trinajstić information content (AvgIpc) is 2.38. The van der Waals surface area contributed by atoms with E-state index in [1.165, 1.54) is 0 Å². The molecule has 0 N–H and O–H groups in total. The molecule has 17 heavy (non-hydrogen) atoms. The molecule has 1 aliphatic heterocycles. The Labute approximate surface area is 102 Å². The molecule has 1 saturated heterocycles. The normalized spacial score (nSPS) is 20.2. The SMILES string of the molecule is CCCCN1CCC(c2ccccc2)OC1=O. The van der Waals surface area contributed by atoms with Crippen LogP contribution < -0.4 is 0 Å². The number of nitrogens with zero attached hydrogens (tertiary/aromatic N) is 1. The zero-order valence-electron chi connectivity index (χ0n) is 10.3. The van der Waals surface area contributed by atoms with E-state index in [1.54, 1.807) is 0 Å². The smallest absolute Gasteiger partial charge is 0.410 e. The third kappa shape index (κ3) is 2.99. The number of hydrogen-bond donors (Lipinski definition) is 0. The van der Waals surface area contributed by atoms with Crippen LogP contribution in [0.1, 0.15) is 37.9 Å². The highest BCUT2D eigenvalue weighted by Crippen LogP contribution is 2.26. The Hall–Kier alpha value is -1.51. The number of carbonyl (C=O) groups is 1. The molecule has 0 aromatic heterocycles. The fourth-order valence-corrected chi connectivity index (χ4v) is 2.07. The lowest BCUT2D eigenvalue weighted by molar-refractivity contribution is 0.0239. The van der Waals surface area contributed by atoms with Crippen molar-refractivity contribution in [2.75, 3.05) is 13.1 Å². The number of cyclic esters (lactones) is 1. The predicted octanol–water partition coefficient (Wildman–Crippen LogP) is 3.37. The number of hydrogen-bond acceptors (Lipinski definition) is 2. The Balaban J connectivity index is 1.93. The first-order valence-electron chi connectivity index (χ1n) is 6.31. The van der Waals surface area contributed by atoms with Crippen molar-refractivity contribution in [3.05, 3.63) is 35.9 Å². The van der Waals surface area contributed by atoms with Gasteiger partial charge in [-0.3, -0.25) is 0 Å². The number of rotatable bonds is 4. The fraction of sp³-hybridized carbons (Fsp3) is 0.500. The molecule has 1 amide bonds. The van der Waals surface area contributed by atoms with Gasteiger partial charge in [0.15, 0.2) is 0 Å². The van der Waals surface area contributed by atoms with E-state index >= 15 is 0 Å². The quantitative estimate of drug-likeness (QED) is 0.798. The van der Waals surface area contributed by atoms with E-state index in [0.717, 1.165) is 37.9 Å². The maximum atomic E-state index is 11.8. The summed E-state index contributed by atoms with van der Waals surface area (Å²) in [4.78, 5) is 13.6. The van der Waals surface area contributed by atoms with Crippen LogP contribution in [0.4, 0.5) is 4.79 Å². The van der Waals surface area contributed by atoms with Crippen LogP contribution in [-0.4, -0.2) is 24.1 Å². The van der Waals surface area contributed by atoms with E-state index in [-0.39, 0.29) is 12.2 Å². The van der Waals surface area contributed by atoms with Crippen LogP contribution in [0.3, 0.4) is 0 Å². The largest absolute Gasteiger partial charge is 0.441 e. The number of carbonyl (C=O) groups excluding carboxylic acids is 1. The zero-order valence-corrected chi connectivity index (χ0v) is 10.3. The number of unbranched alkanes of at least 4 members (excludes halogenated alkanes) is 1. The molecule has 1 atom stereocenters. The summed E-state index contributed by atoms with van der Waals surface area (Å²) in [5.74, 6) is 0. The van der Waals surface area contributed by atoms with Crippen molar-refractivity contribution in [2.45, 2.75) is 32.3 Å². The highest BCUT2D eigenvalue weighted by atomic mass is 16.6. The van der Waals surface area contributed by atoms with Gasteiger partial charge in [0.1, 0.15) is 6.10 Å². The summed E-state index contributed by atoms with van der Waals surface area (Å²) in [6, 6.07) is 9.96. The van der Waals surface area contributed by atoms with Crippen LogP contribution in [0.5, 0.6) is 0 Å². The Kier molecular flexibility index (Phi) is 4.02. The van der Waals surface area contributed by atoms with Gasteiger partial charge in [-0.15, -0.1) is 0 Å². The fourth-order valence-electron chi connectivity index (χ4n) is 2.07. The van der Waals surface area contributed by atoms with Gasteiger partial charge < -0.3 is 9.64 Å². The van der Waals surface area contributed by atoms with Crippen LogP contribution in [0, 0.1) is 0 Å². The van der Waals surface area contributed by atoms with Crippen LogP contribution in [0.2, 0.25) is 0 Å². The molecule has 1 aromatic carbocycles. The molecule has 0 spiro atoms. The predicted molar refractivity (Wildman–Crippen MR) is 66.8 cm³/mol. The zero-order chi connectivity index (χ0) is 12.1. The summed E-state index contributed by atoms with van der Waals surface area (Å²) in [6.45, 7) is 3.75. The molecule has 0 bridgehead atoms. The lowest BCUT2D eigenvalue weighted by Gasteiger charge is -2.31. The summed E-state index contributed by atoms with van der Waals surface area (Å²) in [5, 5.41) is 0. The lowest BCUT2D eigenvalue weighted by atomic mass is 10.1. The third-order valence-corrected chi connectivity index (χ3v) is 3.12. The van der Waals surface area contributed by atoms with Crippen molar-refractivity contribution < 1.29 is 9.53 Å². The van der Waals surface area contributed by atoms with Gasteiger partial charge in [-0.25, -0.2) is 4.79 Å². The van der Waals surface area contributed by atoms with Crippen molar-refractivity contribution in [2.24, 2.45) is 0 Å². The Morgan fingerprint density at radius 3 is 2.76 bits per heavy atom. The van der Waals surface area contributed by atoms with Crippen molar-refractivity contribution >= 4 is 6.09 Å². The van der Waals surface area contributed by atoms with Gasteiger partial charge >= 0.3 is 6.09 Å². The first-order valence-corrected chi connectivity index (χ1v) is 6.31. The maximum Gasteiger partial charge on any atom is 0.410 e. The van der Waals surface area contributed by atoms with Gasteiger partial charge in [0.2, 0.25) is 0 Å². The summed E-state index contributed by atoms with van der Waals surface area (Å²) in [7, 11) is 0. The molecule has 1 fully saturated rings. The summed E-state index contributed by atoms with van der Waals surface area (Å²) >= 11 is 0. The van der Waals surface area contributed by atoms with Gasteiger partial charge in [-0.2, -0.15) is 0 Å². The summed E-state index contributed by atoms with van der Waals surface area (Å²) in [5.41, 5.74) is 1.09. The first kappa shape index (κ1) is 12.0. The van der Waals surface area contributed by atoms with Crippen LogP contribution in [0.25, 0.3) is 0 Å². The molecular weight excluding hydrogens is 214 g/mol. The highest BCUT2D eigenvalue weighted by molar-refractivity contribution is 5.68. The molecule has 3 nitrogen and oxygen atoms in total. The summed E-state index contributed by atoms with van der Waals surface area (Å²) < 4.78 is 5.47. The topological polar surface area (TPSA) is 29.5 Å². The molecule has 3 heteroatoms. The van der Waals surface area contributed by atoms with E-state index in [4.69, 9.17) is 4.74 Å². The Morgan fingerprint density at radius 1 is 1.35 bits per heavy atom. The average molecular weight is 233 g/mol. The van der Waals surface area contributed by atoms with Crippen molar-refractivity contribution in [3.63, 3.8) is 0 Å². The van der Waals surface area contributed by atoms with E-state index in [2.05, 4.69) is 6.92 Å². The molecule has 1 aromatic rings. The van der Waals surface area contributed by atoms with Crippen LogP contribution in [-0.2, 0) is 4.74 Å². The third-order valence-electron chi connectivity index (χ3n) is 3.12. The molecule has 0 saturated carbocycles. The first-order chi connectivity index (χ1) is 8.31. The second kappa shape index (κ2) is 5.71. The molecule has 1 unspecified atom stereocenters. The maximum absolute atomic E-state index is 11.8. The molecule has 0 aliphatic carbocycles. The second-order valence-electron chi connectivity index (χ2n) is 4.41.